The van der Waals surface area contributed by atoms with Gasteiger partial charge in [0.25, 0.3) is 5.91 Å². The van der Waals surface area contributed by atoms with E-state index in [0.29, 0.717) is 19.4 Å². The molecule has 1 aromatic rings. The van der Waals surface area contributed by atoms with Gasteiger partial charge in [-0.25, -0.2) is 14.8 Å². The fourth-order valence-corrected chi connectivity index (χ4v) is 1.69. The largest absolute Gasteiger partial charge is 0.451 e. The van der Waals surface area contributed by atoms with Crippen LogP contribution in [-0.4, -0.2) is 45.8 Å². The van der Waals surface area contributed by atoms with Crippen molar-refractivity contribution in [3.05, 3.63) is 18.1 Å². The van der Waals surface area contributed by atoms with E-state index in [-0.39, 0.29) is 17.4 Å². The Morgan fingerprint density at radius 3 is 2.74 bits per heavy atom. The number of ether oxygens (including phenoxy) is 1. The summed E-state index contributed by atoms with van der Waals surface area (Å²) in [6.07, 6.45) is 3.60. The fourth-order valence-electron chi connectivity index (χ4n) is 1.69. The van der Waals surface area contributed by atoms with Gasteiger partial charge in [-0.3, -0.25) is 14.5 Å². The number of nitrogens with zero attached hydrogens (tertiary/aromatic N) is 3. The highest BCUT2D eigenvalue weighted by atomic mass is 16.5. The lowest BCUT2D eigenvalue weighted by molar-refractivity contribution is -0.143. The number of hydrogen-bond acceptors (Lipinski definition) is 7. The molecular weight excluding hydrogens is 252 g/mol. The predicted octanol–water partition coefficient (Wildman–Crippen LogP) is -0.635. The van der Waals surface area contributed by atoms with E-state index in [1.807, 2.05) is 0 Å². The number of nitrogens with two attached hydrogens (primary N) is 1. The third kappa shape index (κ3) is 2.84. The Hall–Kier alpha value is -2.51. The normalized spacial score (nSPS) is 14.5. The number of hydrogen-bond donors (Lipinski definition) is 1. The molecule has 0 atom stereocenters. The minimum atomic E-state index is -0.842. The third-order valence-corrected chi connectivity index (χ3v) is 2.62. The maximum absolute atomic E-state index is 11.6. The summed E-state index contributed by atoms with van der Waals surface area (Å²) in [6, 6.07) is 0. The smallest absolute Gasteiger partial charge is 0.361 e. The van der Waals surface area contributed by atoms with Crippen molar-refractivity contribution in [2.75, 3.05) is 18.9 Å². The van der Waals surface area contributed by atoms with Crippen LogP contribution < -0.4 is 5.73 Å². The number of carbonyl (C=O) groups is 3. The summed E-state index contributed by atoms with van der Waals surface area (Å²) in [4.78, 5) is 43.0. The Kier molecular flexibility index (Phi) is 3.69. The van der Waals surface area contributed by atoms with Crippen molar-refractivity contribution in [3.8, 4) is 0 Å². The highest BCUT2D eigenvalue weighted by Gasteiger charge is 2.27. The van der Waals surface area contributed by atoms with Gasteiger partial charge < -0.3 is 10.5 Å². The van der Waals surface area contributed by atoms with Crippen LogP contribution in [-0.2, 0) is 14.3 Å². The SMILES string of the molecule is Nc1nccnc1C(=O)OCC(=O)N1CCCC1=O. The number of anilines is 1. The zero-order valence-electron chi connectivity index (χ0n) is 10.0. The van der Waals surface area contributed by atoms with Crippen molar-refractivity contribution in [1.29, 1.82) is 0 Å². The molecule has 2 amide bonds. The molecule has 1 aromatic heterocycles. The van der Waals surface area contributed by atoms with Gasteiger partial charge in [0.15, 0.2) is 18.1 Å². The van der Waals surface area contributed by atoms with Gasteiger partial charge in [-0.15, -0.1) is 0 Å². The Morgan fingerprint density at radius 1 is 1.37 bits per heavy atom. The quantitative estimate of drug-likeness (QED) is 0.722. The molecule has 1 aliphatic rings. The number of nitrogen functional groups attached to an aromatic ring is 1. The van der Waals surface area contributed by atoms with Gasteiger partial charge in [-0.1, -0.05) is 0 Å². The van der Waals surface area contributed by atoms with E-state index in [2.05, 4.69) is 9.97 Å². The molecule has 0 aromatic carbocycles. The first kappa shape index (κ1) is 12.9. The van der Waals surface area contributed by atoms with Crippen molar-refractivity contribution in [2.24, 2.45) is 0 Å². The fraction of sp³-hybridized carbons (Fsp3) is 0.364. The van der Waals surface area contributed by atoms with E-state index >= 15 is 0 Å². The molecule has 100 valence electrons. The third-order valence-electron chi connectivity index (χ3n) is 2.62. The predicted molar refractivity (Wildman–Crippen MR) is 62.7 cm³/mol. The maximum atomic E-state index is 11.6. The highest BCUT2D eigenvalue weighted by Crippen LogP contribution is 2.10. The summed E-state index contributed by atoms with van der Waals surface area (Å²) in [7, 11) is 0. The summed E-state index contributed by atoms with van der Waals surface area (Å²) >= 11 is 0. The van der Waals surface area contributed by atoms with Crippen LogP contribution in [0.5, 0.6) is 0 Å². The molecule has 0 aliphatic carbocycles. The lowest BCUT2D eigenvalue weighted by Gasteiger charge is -2.13. The van der Waals surface area contributed by atoms with Gasteiger partial charge in [0.1, 0.15) is 0 Å². The van der Waals surface area contributed by atoms with Gasteiger partial charge in [0.05, 0.1) is 0 Å². The Bertz CT molecular complexity index is 531. The molecule has 2 rings (SSSR count). The summed E-state index contributed by atoms with van der Waals surface area (Å²) in [5, 5.41) is 0. The van der Waals surface area contributed by atoms with E-state index in [9.17, 15) is 14.4 Å². The van der Waals surface area contributed by atoms with Gasteiger partial charge in [0.2, 0.25) is 5.91 Å². The molecule has 0 bridgehead atoms. The number of esters is 1. The molecule has 0 saturated carbocycles. The van der Waals surface area contributed by atoms with Crippen molar-refractivity contribution in [2.45, 2.75) is 12.8 Å². The van der Waals surface area contributed by atoms with E-state index in [4.69, 9.17) is 10.5 Å². The first-order valence-corrected chi connectivity index (χ1v) is 5.66. The minimum Gasteiger partial charge on any atom is -0.451 e. The Morgan fingerprint density at radius 2 is 2.11 bits per heavy atom. The summed E-state index contributed by atoms with van der Waals surface area (Å²) in [6.45, 7) is -0.150. The van der Waals surface area contributed by atoms with Gasteiger partial charge in [0, 0.05) is 25.4 Å². The van der Waals surface area contributed by atoms with Crippen LogP contribution in [0.2, 0.25) is 0 Å². The van der Waals surface area contributed by atoms with Gasteiger partial charge in [-0.2, -0.15) is 0 Å². The molecule has 2 heterocycles. The second kappa shape index (κ2) is 5.42. The summed E-state index contributed by atoms with van der Waals surface area (Å²) < 4.78 is 4.77. The standard InChI is InChI=1S/C11H12N4O4/c12-10-9(13-3-4-14-10)11(18)19-6-8(17)15-5-1-2-7(15)16/h3-4H,1-2,5-6H2,(H2,12,14). The lowest BCUT2D eigenvalue weighted by Crippen LogP contribution is -2.35. The molecule has 0 unspecified atom stereocenters. The van der Waals surface area contributed by atoms with E-state index in [0.717, 1.165) is 4.90 Å². The van der Waals surface area contributed by atoms with Crippen molar-refractivity contribution >= 4 is 23.6 Å². The molecule has 0 radical (unpaired) electrons. The number of rotatable bonds is 3. The highest BCUT2D eigenvalue weighted by molar-refractivity contribution is 5.99. The second-order valence-electron chi connectivity index (χ2n) is 3.91. The molecular formula is C11H12N4O4. The van der Waals surface area contributed by atoms with Crippen molar-refractivity contribution < 1.29 is 19.1 Å². The topological polar surface area (TPSA) is 115 Å². The summed E-state index contributed by atoms with van der Waals surface area (Å²) in [5.41, 5.74) is 5.30. The molecule has 8 heteroatoms. The molecule has 2 N–H and O–H groups in total. The maximum Gasteiger partial charge on any atom is 0.361 e. The van der Waals surface area contributed by atoms with E-state index in [1.165, 1.54) is 12.4 Å². The van der Waals surface area contributed by atoms with Crippen LogP contribution in [0.3, 0.4) is 0 Å². The number of likely N-dealkylation sites (tertiary alicyclic amines) is 1. The molecule has 19 heavy (non-hydrogen) atoms. The van der Waals surface area contributed by atoms with E-state index < -0.39 is 18.5 Å². The molecule has 8 nitrogen and oxygen atoms in total. The van der Waals surface area contributed by atoms with Crippen LogP contribution >= 0.6 is 0 Å². The molecule has 0 spiro atoms. The monoisotopic (exact) mass is 264 g/mol. The first-order valence-electron chi connectivity index (χ1n) is 5.66. The Balaban J connectivity index is 1.92. The molecule has 1 fully saturated rings. The molecule has 1 saturated heterocycles. The lowest BCUT2D eigenvalue weighted by atomic mass is 10.4. The number of amides is 2. The van der Waals surface area contributed by atoms with Crippen LogP contribution in [0.1, 0.15) is 23.3 Å². The van der Waals surface area contributed by atoms with Crippen LogP contribution in [0.25, 0.3) is 0 Å². The van der Waals surface area contributed by atoms with Crippen LogP contribution in [0.15, 0.2) is 12.4 Å². The molecule has 1 aliphatic heterocycles. The zero-order valence-corrected chi connectivity index (χ0v) is 10.0. The van der Waals surface area contributed by atoms with Gasteiger partial charge in [-0.05, 0) is 6.42 Å². The average molecular weight is 264 g/mol. The number of carbonyl (C=O) groups excluding carboxylic acids is 3. The Labute approximate surface area is 108 Å². The van der Waals surface area contributed by atoms with Crippen molar-refractivity contribution in [3.63, 3.8) is 0 Å². The summed E-state index contributed by atoms with van der Waals surface area (Å²) in [5.74, 6) is -1.71. The first-order chi connectivity index (χ1) is 9.09. The number of imide groups is 1. The van der Waals surface area contributed by atoms with Gasteiger partial charge >= 0.3 is 5.97 Å². The zero-order chi connectivity index (χ0) is 13.8. The van der Waals surface area contributed by atoms with E-state index in [1.54, 1.807) is 0 Å². The number of aromatic nitrogens is 2. The van der Waals surface area contributed by atoms with Crippen molar-refractivity contribution in [1.82, 2.24) is 14.9 Å². The minimum absolute atomic E-state index is 0.0720. The average Bonchev–Trinajstić information content (AvgIpc) is 2.82. The second-order valence-corrected chi connectivity index (χ2v) is 3.91. The van der Waals surface area contributed by atoms with Crippen LogP contribution in [0.4, 0.5) is 5.82 Å². The van der Waals surface area contributed by atoms with Crippen LogP contribution in [0, 0.1) is 0 Å².